The zero-order valence-electron chi connectivity index (χ0n) is 20.5. The molecular weight excluding hydrogens is 412 g/mol. The van der Waals surface area contributed by atoms with E-state index in [0.717, 1.165) is 58.3 Å². The molecule has 0 saturated heterocycles. The molecule has 0 radical (unpaired) electrons. The van der Waals surface area contributed by atoms with E-state index in [1.807, 2.05) is 51.9 Å². The highest BCUT2D eigenvalue weighted by Gasteiger charge is 2.28. The summed E-state index contributed by atoms with van der Waals surface area (Å²) < 4.78 is 1.79. The van der Waals surface area contributed by atoms with Crippen molar-refractivity contribution in [2.75, 3.05) is 19.0 Å². The molecule has 7 nitrogen and oxygen atoms in total. The predicted molar refractivity (Wildman–Crippen MR) is 131 cm³/mol. The van der Waals surface area contributed by atoms with E-state index in [2.05, 4.69) is 35.5 Å². The standard InChI is InChI=1S/C26H34N6O/c1-16-8-7-9-21(12-16)23(28-25(33)15-32-19(4)17(2)18(3)30-32)13-22-14-24(31(5)6)29-26(27-22)20-10-11-20/h7-9,12,14,20,23H,10-11,13,15H2,1-6H3,(H,28,33)/t23-/m0/s1. The molecule has 174 valence electrons. The third kappa shape index (κ3) is 5.41. The predicted octanol–water partition coefficient (Wildman–Crippen LogP) is 3.95. The van der Waals surface area contributed by atoms with Crippen molar-refractivity contribution in [1.29, 1.82) is 0 Å². The zero-order chi connectivity index (χ0) is 23.7. The molecular formula is C26H34N6O. The molecule has 0 aliphatic heterocycles. The topological polar surface area (TPSA) is 75.9 Å². The molecule has 0 spiro atoms. The number of rotatable bonds is 8. The van der Waals surface area contributed by atoms with Gasteiger partial charge in [0.25, 0.3) is 0 Å². The first-order valence-electron chi connectivity index (χ1n) is 11.6. The van der Waals surface area contributed by atoms with E-state index in [-0.39, 0.29) is 18.5 Å². The van der Waals surface area contributed by atoms with Gasteiger partial charge in [-0.25, -0.2) is 9.97 Å². The van der Waals surface area contributed by atoms with E-state index in [0.29, 0.717) is 12.3 Å². The summed E-state index contributed by atoms with van der Waals surface area (Å²) in [6.07, 6.45) is 2.90. The molecule has 3 aromatic rings. The summed E-state index contributed by atoms with van der Waals surface area (Å²) in [5.41, 5.74) is 6.30. The second-order valence-corrected chi connectivity index (χ2v) is 9.44. The molecule has 1 fully saturated rings. The third-order valence-corrected chi connectivity index (χ3v) is 6.41. The fraction of sp³-hybridized carbons (Fsp3) is 0.462. The van der Waals surface area contributed by atoms with Crippen LogP contribution in [0.25, 0.3) is 0 Å². The maximum atomic E-state index is 13.1. The quantitative estimate of drug-likeness (QED) is 0.567. The Balaban J connectivity index is 1.60. The number of benzene rings is 1. The van der Waals surface area contributed by atoms with Gasteiger partial charge in [-0.2, -0.15) is 5.10 Å². The molecule has 0 bridgehead atoms. The van der Waals surface area contributed by atoms with Crippen molar-refractivity contribution in [3.8, 4) is 0 Å². The van der Waals surface area contributed by atoms with Gasteiger partial charge in [0.15, 0.2) is 0 Å². The zero-order valence-corrected chi connectivity index (χ0v) is 20.5. The van der Waals surface area contributed by atoms with Crippen molar-refractivity contribution < 1.29 is 4.79 Å². The van der Waals surface area contributed by atoms with E-state index in [9.17, 15) is 4.79 Å². The minimum atomic E-state index is -0.188. The monoisotopic (exact) mass is 446 g/mol. The van der Waals surface area contributed by atoms with Crippen molar-refractivity contribution in [2.45, 2.75) is 65.5 Å². The lowest BCUT2D eigenvalue weighted by atomic mass is 9.99. The van der Waals surface area contributed by atoms with Gasteiger partial charge in [-0.3, -0.25) is 9.48 Å². The number of carbonyl (C=O) groups is 1. The van der Waals surface area contributed by atoms with Crippen LogP contribution in [0.4, 0.5) is 5.82 Å². The number of carbonyl (C=O) groups excluding carboxylic acids is 1. The maximum Gasteiger partial charge on any atom is 0.242 e. The lowest BCUT2D eigenvalue weighted by Crippen LogP contribution is -2.33. The first kappa shape index (κ1) is 23.0. The Morgan fingerprint density at radius 3 is 2.52 bits per heavy atom. The Kier molecular flexibility index (Phi) is 6.49. The van der Waals surface area contributed by atoms with Crippen molar-refractivity contribution in [1.82, 2.24) is 25.1 Å². The molecule has 0 unspecified atom stereocenters. The minimum Gasteiger partial charge on any atom is -0.363 e. The molecule has 1 aliphatic rings. The van der Waals surface area contributed by atoms with E-state index < -0.39 is 0 Å². The molecule has 7 heteroatoms. The van der Waals surface area contributed by atoms with E-state index >= 15 is 0 Å². The Labute approximate surface area is 196 Å². The van der Waals surface area contributed by atoms with Crippen molar-refractivity contribution in [3.05, 3.63) is 69.9 Å². The summed E-state index contributed by atoms with van der Waals surface area (Å²) in [4.78, 5) is 24.7. The molecule has 1 N–H and O–H groups in total. The lowest BCUT2D eigenvalue weighted by Gasteiger charge is -2.21. The van der Waals surface area contributed by atoms with Gasteiger partial charge in [0.05, 0.1) is 11.7 Å². The van der Waals surface area contributed by atoms with E-state index in [1.54, 1.807) is 4.68 Å². The number of nitrogens with one attached hydrogen (secondary N) is 1. The summed E-state index contributed by atoms with van der Waals surface area (Å²) in [6, 6.07) is 10.2. The van der Waals surface area contributed by atoms with Crippen LogP contribution in [0.3, 0.4) is 0 Å². The minimum absolute atomic E-state index is 0.0589. The average Bonchev–Trinajstić information content (AvgIpc) is 3.59. The molecule has 4 rings (SSSR count). The normalized spacial score (nSPS) is 14.2. The number of anilines is 1. The summed E-state index contributed by atoms with van der Waals surface area (Å²) in [6.45, 7) is 8.28. The van der Waals surface area contributed by atoms with Gasteiger partial charge in [-0.05, 0) is 51.7 Å². The van der Waals surface area contributed by atoms with Crippen LogP contribution in [0.15, 0.2) is 30.3 Å². The van der Waals surface area contributed by atoms with Gasteiger partial charge < -0.3 is 10.2 Å². The third-order valence-electron chi connectivity index (χ3n) is 6.41. The van der Waals surface area contributed by atoms with Gasteiger partial charge in [0.2, 0.25) is 5.91 Å². The van der Waals surface area contributed by atoms with Crippen molar-refractivity contribution >= 4 is 11.7 Å². The van der Waals surface area contributed by atoms with E-state index in [4.69, 9.17) is 9.97 Å². The van der Waals surface area contributed by atoms with Gasteiger partial charge in [-0.1, -0.05) is 29.8 Å². The summed E-state index contributed by atoms with van der Waals surface area (Å²) in [5.74, 6) is 2.24. The van der Waals surface area contributed by atoms with Crippen LogP contribution in [0, 0.1) is 27.7 Å². The maximum absolute atomic E-state index is 13.1. The highest BCUT2D eigenvalue weighted by atomic mass is 16.2. The summed E-state index contributed by atoms with van der Waals surface area (Å²) in [5, 5.41) is 7.78. The van der Waals surface area contributed by atoms with Gasteiger partial charge in [0, 0.05) is 43.9 Å². The van der Waals surface area contributed by atoms with Crippen molar-refractivity contribution in [3.63, 3.8) is 0 Å². The second kappa shape index (κ2) is 9.33. The molecule has 2 heterocycles. The summed E-state index contributed by atoms with van der Waals surface area (Å²) >= 11 is 0. The molecule has 1 aromatic carbocycles. The number of nitrogens with zero attached hydrogens (tertiary/aromatic N) is 5. The van der Waals surface area contributed by atoms with Gasteiger partial charge >= 0.3 is 0 Å². The van der Waals surface area contributed by atoms with Crippen LogP contribution in [0.5, 0.6) is 0 Å². The Bertz CT molecular complexity index is 1140. The van der Waals surface area contributed by atoms with Crippen LogP contribution >= 0.6 is 0 Å². The average molecular weight is 447 g/mol. The fourth-order valence-corrected chi connectivity index (χ4v) is 4.03. The Hall–Kier alpha value is -3.22. The Morgan fingerprint density at radius 2 is 1.91 bits per heavy atom. The molecule has 2 aromatic heterocycles. The Morgan fingerprint density at radius 1 is 1.15 bits per heavy atom. The van der Waals surface area contributed by atoms with Crippen LogP contribution in [-0.2, 0) is 17.8 Å². The molecule has 1 atom stereocenters. The largest absolute Gasteiger partial charge is 0.363 e. The van der Waals surface area contributed by atoms with Crippen molar-refractivity contribution in [2.24, 2.45) is 0 Å². The van der Waals surface area contributed by atoms with Crippen LogP contribution in [0.2, 0.25) is 0 Å². The number of aryl methyl sites for hydroxylation is 2. The highest BCUT2D eigenvalue weighted by Crippen LogP contribution is 2.38. The first-order valence-corrected chi connectivity index (χ1v) is 11.6. The number of amides is 1. The molecule has 33 heavy (non-hydrogen) atoms. The number of hydrogen-bond donors (Lipinski definition) is 1. The molecule has 1 amide bonds. The van der Waals surface area contributed by atoms with Crippen LogP contribution in [-0.4, -0.2) is 39.8 Å². The first-order chi connectivity index (χ1) is 15.7. The smallest absolute Gasteiger partial charge is 0.242 e. The van der Waals surface area contributed by atoms with Gasteiger partial charge in [0.1, 0.15) is 18.2 Å². The van der Waals surface area contributed by atoms with Crippen LogP contribution in [0.1, 0.15) is 64.4 Å². The number of hydrogen-bond acceptors (Lipinski definition) is 5. The molecule has 1 aliphatic carbocycles. The second-order valence-electron chi connectivity index (χ2n) is 9.44. The SMILES string of the molecule is Cc1cccc([C@H](Cc2cc(N(C)C)nc(C3CC3)n2)NC(=O)Cn2nc(C)c(C)c2C)c1. The van der Waals surface area contributed by atoms with E-state index in [1.165, 1.54) is 0 Å². The lowest BCUT2D eigenvalue weighted by molar-refractivity contribution is -0.122. The van der Waals surface area contributed by atoms with Crippen LogP contribution < -0.4 is 10.2 Å². The van der Waals surface area contributed by atoms with Gasteiger partial charge in [-0.15, -0.1) is 0 Å². The highest BCUT2D eigenvalue weighted by molar-refractivity contribution is 5.76. The fourth-order valence-electron chi connectivity index (χ4n) is 4.03. The number of aromatic nitrogens is 4. The summed E-state index contributed by atoms with van der Waals surface area (Å²) in [7, 11) is 4.00. The molecule has 1 saturated carbocycles.